The molecule has 2 atom stereocenters. The Morgan fingerprint density at radius 3 is 2.64 bits per heavy atom. The van der Waals surface area contributed by atoms with Crippen LogP contribution in [0.3, 0.4) is 0 Å². The number of nitrogens with zero attached hydrogens (tertiary/aromatic N) is 3. The molecule has 0 aliphatic carbocycles. The lowest BCUT2D eigenvalue weighted by molar-refractivity contribution is -0.0585. The number of fused-ring (bicyclic) bond motifs is 2. The second-order valence-electron chi connectivity index (χ2n) is 8.84. The maximum atomic E-state index is 14.8. The van der Waals surface area contributed by atoms with Crippen molar-refractivity contribution < 1.29 is 26.9 Å². The summed E-state index contributed by atoms with van der Waals surface area (Å²) in [5.74, 6) is -5.35. The van der Waals surface area contributed by atoms with Gasteiger partial charge in [0, 0.05) is 24.6 Å². The van der Waals surface area contributed by atoms with E-state index in [1.54, 1.807) is 12.1 Å². The summed E-state index contributed by atoms with van der Waals surface area (Å²) in [4.78, 5) is 15.7. The Morgan fingerprint density at radius 2 is 1.94 bits per heavy atom. The highest BCUT2D eigenvalue weighted by molar-refractivity contribution is 6.07. The van der Waals surface area contributed by atoms with Crippen molar-refractivity contribution in [1.82, 2.24) is 10.1 Å². The van der Waals surface area contributed by atoms with Crippen molar-refractivity contribution >= 4 is 22.8 Å². The van der Waals surface area contributed by atoms with Crippen molar-refractivity contribution in [2.24, 2.45) is 5.92 Å². The van der Waals surface area contributed by atoms with Gasteiger partial charge in [-0.1, -0.05) is 31.5 Å². The molecular formula is C24H23F4N3O2. The molecule has 0 radical (unpaired) electrons. The summed E-state index contributed by atoms with van der Waals surface area (Å²) in [6.45, 7) is 3.34. The number of amides is 2. The number of carbonyl (C=O) groups is 1. The Hall–Kier alpha value is -3.10. The topological polar surface area (TPSA) is 49.6 Å². The Kier molecular flexibility index (Phi) is 5.10. The van der Waals surface area contributed by atoms with Gasteiger partial charge in [0.2, 0.25) is 0 Å². The van der Waals surface area contributed by atoms with Crippen LogP contribution in [0.4, 0.5) is 28.2 Å². The fourth-order valence-electron chi connectivity index (χ4n) is 5.02. The summed E-state index contributed by atoms with van der Waals surface area (Å²) in [6.07, 6.45) is 1.51. The molecule has 2 aromatic carbocycles. The number of aryl methyl sites for hydroxylation is 1. The van der Waals surface area contributed by atoms with Gasteiger partial charge in [0.15, 0.2) is 11.4 Å². The van der Waals surface area contributed by atoms with E-state index < -0.39 is 35.5 Å². The second kappa shape index (κ2) is 7.74. The van der Waals surface area contributed by atoms with E-state index in [0.717, 1.165) is 24.1 Å². The molecule has 2 aliphatic heterocycles. The molecule has 2 fully saturated rings. The molecule has 9 heteroatoms. The molecule has 0 saturated carbocycles. The van der Waals surface area contributed by atoms with Gasteiger partial charge in [-0.25, -0.2) is 22.4 Å². The number of hydrogen-bond donors (Lipinski definition) is 0. The highest BCUT2D eigenvalue weighted by Crippen LogP contribution is 2.45. The van der Waals surface area contributed by atoms with Crippen LogP contribution in [-0.2, 0) is 6.42 Å². The third-order valence-corrected chi connectivity index (χ3v) is 6.69. The third kappa shape index (κ3) is 3.28. The summed E-state index contributed by atoms with van der Waals surface area (Å²) in [5.41, 5.74) is 1.07. The summed E-state index contributed by atoms with van der Waals surface area (Å²) in [5, 5.41) is 4.34. The summed E-state index contributed by atoms with van der Waals surface area (Å²) in [7, 11) is 0. The van der Waals surface area contributed by atoms with Gasteiger partial charge < -0.3 is 9.42 Å². The molecule has 2 saturated heterocycles. The highest BCUT2D eigenvalue weighted by atomic mass is 19.3. The van der Waals surface area contributed by atoms with Crippen molar-refractivity contribution in [2.45, 2.75) is 45.1 Å². The zero-order valence-electron chi connectivity index (χ0n) is 18.2. The zero-order chi connectivity index (χ0) is 23.5. The van der Waals surface area contributed by atoms with Crippen molar-refractivity contribution in [1.29, 1.82) is 0 Å². The SMILES string of the molecule is CCCc1cc(-c2c(F)cccc2F)c2c(N3CC[C@H]4N(CC(C)C4(F)F)C3=O)noc2c1. The molecule has 33 heavy (non-hydrogen) atoms. The van der Waals surface area contributed by atoms with E-state index in [0.29, 0.717) is 6.42 Å². The maximum absolute atomic E-state index is 14.8. The van der Waals surface area contributed by atoms with Gasteiger partial charge in [0.05, 0.1) is 17.0 Å². The van der Waals surface area contributed by atoms with E-state index in [2.05, 4.69) is 5.16 Å². The van der Waals surface area contributed by atoms with E-state index >= 15 is 0 Å². The largest absolute Gasteiger partial charge is 0.354 e. The fraction of sp³-hybridized carbons (Fsp3) is 0.417. The number of anilines is 1. The van der Waals surface area contributed by atoms with E-state index in [9.17, 15) is 22.4 Å². The standard InChI is InChI=1S/C24H23F4N3O2/c1-3-5-14-10-15(20-16(25)6-4-7-17(20)26)21-18(11-14)33-29-22(21)30-9-8-19-24(27,28)13(2)12-31(19)23(30)32/h4,6-7,10-11,13,19H,3,5,8-9,12H2,1-2H3/t13?,19-/m1/s1. The third-order valence-electron chi connectivity index (χ3n) is 6.69. The predicted molar refractivity (Wildman–Crippen MR) is 115 cm³/mol. The molecular weight excluding hydrogens is 438 g/mol. The van der Waals surface area contributed by atoms with Crippen LogP contribution in [-0.4, -0.2) is 41.1 Å². The highest BCUT2D eigenvalue weighted by Gasteiger charge is 2.58. The minimum atomic E-state index is -2.97. The van der Waals surface area contributed by atoms with E-state index in [1.807, 2.05) is 6.92 Å². The number of hydrogen-bond acceptors (Lipinski definition) is 3. The molecule has 0 bridgehead atoms. The first-order chi connectivity index (χ1) is 15.7. The number of alkyl halides is 2. The molecule has 5 nitrogen and oxygen atoms in total. The van der Waals surface area contributed by atoms with Gasteiger partial charge in [0.25, 0.3) is 5.92 Å². The summed E-state index contributed by atoms with van der Waals surface area (Å²) < 4.78 is 64.1. The predicted octanol–water partition coefficient (Wildman–Crippen LogP) is 6.01. The lowest BCUT2D eigenvalue weighted by atomic mass is 9.95. The van der Waals surface area contributed by atoms with Gasteiger partial charge in [-0.05, 0) is 42.7 Å². The first-order valence-electron chi connectivity index (χ1n) is 11.1. The van der Waals surface area contributed by atoms with Crippen LogP contribution in [0.2, 0.25) is 0 Å². The van der Waals surface area contributed by atoms with Gasteiger partial charge in [-0.15, -0.1) is 0 Å². The van der Waals surface area contributed by atoms with Gasteiger partial charge in [-0.2, -0.15) is 0 Å². The average molecular weight is 461 g/mol. The number of halogens is 4. The molecule has 1 unspecified atom stereocenters. The smallest absolute Gasteiger partial charge is 0.326 e. The Morgan fingerprint density at radius 1 is 1.21 bits per heavy atom. The van der Waals surface area contributed by atoms with Gasteiger partial charge in [-0.3, -0.25) is 4.90 Å². The van der Waals surface area contributed by atoms with Crippen LogP contribution >= 0.6 is 0 Å². The van der Waals surface area contributed by atoms with Crippen LogP contribution in [0.5, 0.6) is 0 Å². The number of benzene rings is 2. The van der Waals surface area contributed by atoms with Gasteiger partial charge >= 0.3 is 6.03 Å². The van der Waals surface area contributed by atoms with Crippen LogP contribution in [0.1, 0.15) is 32.3 Å². The molecule has 0 N–H and O–H groups in total. The molecule has 1 aromatic heterocycles. The van der Waals surface area contributed by atoms with E-state index in [-0.39, 0.29) is 47.4 Å². The minimum Gasteiger partial charge on any atom is -0.354 e. The van der Waals surface area contributed by atoms with Gasteiger partial charge in [0.1, 0.15) is 11.6 Å². The quantitative estimate of drug-likeness (QED) is 0.447. The van der Waals surface area contributed by atoms with Crippen molar-refractivity contribution in [3.05, 3.63) is 47.5 Å². The second-order valence-corrected chi connectivity index (χ2v) is 8.84. The lowest BCUT2D eigenvalue weighted by Gasteiger charge is -2.37. The normalized spacial score (nSPS) is 22.3. The summed E-state index contributed by atoms with van der Waals surface area (Å²) in [6, 6.07) is 5.23. The van der Waals surface area contributed by atoms with E-state index in [1.165, 1.54) is 22.8 Å². The number of urea groups is 1. The fourth-order valence-corrected chi connectivity index (χ4v) is 5.02. The number of aromatic nitrogens is 1. The molecule has 0 spiro atoms. The summed E-state index contributed by atoms with van der Waals surface area (Å²) >= 11 is 0. The Balaban J connectivity index is 1.66. The average Bonchev–Trinajstić information content (AvgIpc) is 3.28. The van der Waals surface area contributed by atoms with Crippen LogP contribution < -0.4 is 4.90 Å². The lowest BCUT2D eigenvalue weighted by Crippen LogP contribution is -2.55. The number of rotatable bonds is 4. The molecule has 2 amide bonds. The molecule has 5 rings (SSSR count). The van der Waals surface area contributed by atoms with Crippen LogP contribution in [0.25, 0.3) is 22.1 Å². The monoisotopic (exact) mass is 461 g/mol. The maximum Gasteiger partial charge on any atom is 0.326 e. The molecule has 3 heterocycles. The Bertz CT molecular complexity index is 1220. The van der Waals surface area contributed by atoms with Crippen LogP contribution in [0.15, 0.2) is 34.9 Å². The first-order valence-corrected chi connectivity index (χ1v) is 11.1. The molecule has 174 valence electrons. The molecule has 3 aromatic rings. The molecule has 2 aliphatic rings. The van der Waals surface area contributed by atoms with E-state index in [4.69, 9.17) is 4.52 Å². The zero-order valence-corrected chi connectivity index (χ0v) is 18.2. The minimum absolute atomic E-state index is 0.000150. The Labute approximate surface area is 187 Å². The first kappa shape index (κ1) is 21.7. The van der Waals surface area contributed by atoms with Crippen molar-refractivity contribution in [3.8, 4) is 11.1 Å². The van der Waals surface area contributed by atoms with Crippen molar-refractivity contribution in [2.75, 3.05) is 18.0 Å². The van der Waals surface area contributed by atoms with Crippen molar-refractivity contribution in [3.63, 3.8) is 0 Å². The van der Waals surface area contributed by atoms with Crippen LogP contribution in [0, 0.1) is 17.6 Å². The number of carbonyl (C=O) groups excluding carboxylic acids is 1.